The molecule has 0 saturated carbocycles. The van der Waals surface area contributed by atoms with Gasteiger partial charge in [0, 0.05) is 24.7 Å². The Morgan fingerprint density at radius 3 is 3.15 bits per heavy atom. The van der Waals surface area contributed by atoms with Gasteiger partial charge in [0.2, 0.25) is 5.88 Å². The molecule has 0 bridgehead atoms. The molecule has 2 heterocycles. The number of aryl methyl sites for hydroxylation is 1. The minimum atomic E-state index is -0.314. The van der Waals surface area contributed by atoms with E-state index in [2.05, 4.69) is 10.4 Å². The molecule has 0 atom stereocenters. The summed E-state index contributed by atoms with van der Waals surface area (Å²) in [5.74, 6) is 0.303. The van der Waals surface area contributed by atoms with Crippen LogP contribution in [0.3, 0.4) is 0 Å². The number of aromatic nitrogens is 2. The van der Waals surface area contributed by atoms with Crippen molar-refractivity contribution in [1.82, 2.24) is 9.78 Å². The number of anilines is 1. The molecule has 0 spiro atoms. The Bertz CT molecular complexity index is 676. The monoisotopic (exact) mass is 268 g/mol. The van der Waals surface area contributed by atoms with Gasteiger partial charge in [-0.25, -0.2) is 4.68 Å². The Morgan fingerprint density at radius 1 is 1.45 bits per heavy atom. The standard InChI is InChI=1S/C14H12N4O2/c15-9-10-3-1-4-11(7-10)16-14(19)12-8-13-18(17-12)5-2-6-20-13/h1,3-4,7-8H,2,5-6H2,(H,16,19). The highest BCUT2D eigenvalue weighted by molar-refractivity contribution is 6.03. The molecular formula is C14H12N4O2. The molecule has 0 fully saturated rings. The molecule has 20 heavy (non-hydrogen) atoms. The number of hydrogen-bond acceptors (Lipinski definition) is 4. The van der Waals surface area contributed by atoms with Gasteiger partial charge in [-0.15, -0.1) is 0 Å². The second kappa shape index (κ2) is 5.05. The van der Waals surface area contributed by atoms with Gasteiger partial charge in [-0.05, 0) is 18.2 Å². The topological polar surface area (TPSA) is 79.9 Å². The molecule has 2 aromatic rings. The van der Waals surface area contributed by atoms with Crippen molar-refractivity contribution in [3.8, 4) is 11.9 Å². The number of amides is 1. The molecule has 0 radical (unpaired) electrons. The first-order valence-electron chi connectivity index (χ1n) is 6.28. The van der Waals surface area contributed by atoms with E-state index in [0.29, 0.717) is 29.4 Å². The summed E-state index contributed by atoms with van der Waals surface area (Å²) in [6.07, 6.45) is 0.889. The zero-order valence-corrected chi connectivity index (χ0v) is 10.7. The van der Waals surface area contributed by atoms with Crippen LogP contribution in [0, 0.1) is 11.3 Å². The van der Waals surface area contributed by atoms with Crippen LogP contribution in [-0.2, 0) is 6.54 Å². The number of carbonyl (C=O) groups is 1. The quantitative estimate of drug-likeness (QED) is 0.900. The lowest BCUT2D eigenvalue weighted by molar-refractivity contribution is 0.102. The summed E-state index contributed by atoms with van der Waals surface area (Å²) in [6, 6.07) is 10.4. The highest BCUT2D eigenvalue weighted by atomic mass is 16.5. The van der Waals surface area contributed by atoms with Crippen molar-refractivity contribution in [1.29, 1.82) is 5.26 Å². The maximum Gasteiger partial charge on any atom is 0.276 e. The van der Waals surface area contributed by atoms with Crippen LogP contribution >= 0.6 is 0 Å². The zero-order chi connectivity index (χ0) is 13.9. The second-order valence-corrected chi connectivity index (χ2v) is 4.44. The molecule has 1 aliphatic heterocycles. The Morgan fingerprint density at radius 2 is 2.35 bits per heavy atom. The third-order valence-electron chi connectivity index (χ3n) is 2.99. The van der Waals surface area contributed by atoms with Crippen LogP contribution in [0.1, 0.15) is 22.5 Å². The molecule has 100 valence electrons. The number of nitriles is 1. The predicted molar refractivity (Wildman–Crippen MR) is 71.4 cm³/mol. The van der Waals surface area contributed by atoms with Crippen molar-refractivity contribution in [2.24, 2.45) is 0 Å². The van der Waals surface area contributed by atoms with Crippen molar-refractivity contribution in [3.63, 3.8) is 0 Å². The fourth-order valence-electron chi connectivity index (χ4n) is 2.04. The average molecular weight is 268 g/mol. The summed E-state index contributed by atoms with van der Waals surface area (Å²) in [7, 11) is 0. The number of nitrogens with one attached hydrogen (secondary N) is 1. The molecular weight excluding hydrogens is 256 g/mol. The van der Waals surface area contributed by atoms with Gasteiger partial charge in [-0.1, -0.05) is 6.07 Å². The van der Waals surface area contributed by atoms with Crippen LogP contribution in [0.2, 0.25) is 0 Å². The number of carbonyl (C=O) groups excluding carboxylic acids is 1. The maximum atomic E-state index is 12.1. The van der Waals surface area contributed by atoms with E-state index in [1.807, 2.05) is 6.07 Å². The summed E-state index contributed by atoms with van der Waals surface area (Å²) in [4.78, 5) is 12.1. The minimum absolute atomic E-state index is 0.310. The molecule has 6 nitrogen and oxygen atoms in total. The number of fused-ring (bicyclic) bond motifs is 1. The van der Waals surface area contributed by atoms with E-state index in [9.17, 15) is 4.79 Å². The lowest BCUT2D eigenvalue weighted by atomic mass is 10.2. The number of ether oxygens (including phenoxy) is 1. The Labute approximate surface area is 115 Å². The molecule has 0 saturated heterocycles. The largest absolute Gasteiger partial charge is 0.478 e. The number of benzene rings is 1. The Balaban J connectivity index is 1.79. The lowest BCUT2D eigenvalue weighted by Crippen LogP contribution is -2.16. The molecule has 1 aromatic heterocycles. The van der Waals surface area contributed by atoms with Crippen molar-refractivity contribution >= 4 is 11.6 Å². The van der Waals surface area contributed by atoms with Crippen LogP contribution in [0.15, 0.2) is 30.3 Å². The molecule has 1 N–H and O–H groups in total. The highest BCUT2D eigenvalue weighted by Crippen LogP contribution is 2.19. The SMILES string of the molecule is N#Cc1cccc(NC(=O)c2cc3n(n2)CCCO3)c1. The van der Waals surface area contributed by atoms with E-state index in [-0.39, 0.29) is 5.91 Å². The van der Waals surface area contributed by atoms with Gasteiger partial charge in [-0.2, -0.15) is 10.4 Å². The van der Waals surface area contributed by atoms with E-state index in [1.54, 1.807) is 35.0 Å². The third kappa shape index (κ3) is 2.34. The van der Waals surface area contributed by atoms with Crippen molar-refractivity contribution in [2.75, 3.05) is 11.9 Å². The molecule has 1 amide bonds. The molecule has 1 aromatic carbocycles. The van der Waals surface area contributed by atoms with E-state index >= 15 is 0 Å². The van der Waals surface area contributed by atoms with Gasteiger partial charge in [0.1, 0.15) is 0 Å². The fraction of sp³-hybridized carbons (Fsp3) is 0.214. The van der Waals surface area contributed by atoms with Crippen LogP contribution in [0.4, 0.5) is 5.69 Å². The van der Waals surface area contributed by atoms with E-state index < -0.39 is 0 Å². The fourth-order valence-corrected chi connectivity index (χ4v) is 2.04. The van der Waals surface area contributed by atoms with Crippen molar-refractivity contribution < 1.29 is 9.53 Å². The second-order valence-electron chi connectivity index (χ2n) is 4.44. The summed E-state index contributed by atoms with van der Waals surface area (Å²) in [5, 5.41) is 15.8. The molecule has 1 aliphatic rings. The van der Waals surface area contributed by atoms with Crippen LogP contribution < -0.4 is 10.1 Å². The van der Waals surface area contributed by atoms with Crippen LogP contribution in [0.25, 0.3) is 0 Å². The maximum absolute atomic E-state index is 12.1. The van der Waals surface area contributed by atoms with Gasteiger partial charge in [0.25, 0.3) is 5.91 Å². The summed E-state index contributed by atoms with van der Waals surface area (Å²) in [5.41, 5.74) is 1.38. The normalized spacial score (nSPS) is 12.9. The van der Waals surface area contributed by atoms with Gasteiger partial charge in [0.15, 0.2) is 5.69 Å². The average Bonchev–Trinajstić information content (AvgIpc) is 2.91. The number of hydrogen-bond donors (Lipinski definition) is 1. The summed E-state index contributed by atoms with van der Waals surface area (Å²) < 4.78 is 7.10. The molecule has 0 aliphatic carbocycles. The lowest BCUT2D eigenvalue weighted by Gasteiger charge is -2.13. The van der Waals surface area contributed by atoms with E-state index in [0.717, 1.165) is 13.0 Å². The first kappa shape index (κ1) is 12.2. The number of rotatable bonds is 2. The summed E-state index contributed by atoms with van der Waals surface area (Å²) in [6.45, 7) is 1.41. The summed E-state index contributed by atoms with van der Waals surface area (Å²) >= 11 is 0. The van der Waals surface area contributed by atoms with Crippen molar-refractivity contribution in [3.05, 3.63) is 41.6 Å². The van der Waals surface area contributed by atoms with E-state index in [1.165, 1.54) is 0 Å². The smallest absolute Gasteiger partial charge is 0.276 e. The zero-order valence-electron chi connectivity index (χ0n) is 10.7. The Hall–Kier alpha value is -2.81. The molecule has 6 heteroatoms. The van der Waals surface area contributed by atoms with Gasteiger partial charge >= 0.3 is 0 Å². The first-order valence-corrected chi connectivity index (χ1v) is 6.28. The predicted octanol–water partition coefficient (Wildman–Crippen LogP) is 1.79. The minimum Gasteiger partial charge on any atom is -0.478 e. The highest BCUT2D eigenvalue weighted by Gasteiger charge is 2.17. The van der Waals surface area contributed by atoms with Crippen molar-refractivity contribution in [2.45, 2.75) is 13.0 Å². The Kier molecular flexibility index (Phi) is 3.09. The third-order valence-corrected chi connectivity index (χ3v) is 2.99. The first-order chi connectivity index (χ1) is 9.76. The van der Waals surface area contributed by atoms with Gasteiger partial charge < -0.3 is 10.1 Å². The van der Waals surface area contributed by atoms with Crippen LogP contribution in [0.5, 0.6) is 5.88 Å². The number of nitrogens with zero attached hydrogens (tertiary/aromatic N) is 3. The molecule has 3 rings (SSSR count). The van der Waals surface area contributed by atoms with Gasteiger partial charge in [0.05, 0.1) is 18.2 Å². The van der Waals surface area contributed by atoms with Crippen LogP contribution in [-0.4, -0.2) is 22.3 Å². The van der Waals surface area contributed by atoms with E-state index in [4.69, 9.17) is 10.00 Å². The molecule has 0 unspecified atom stereocenters. The van der Waals surface area contributed by atoms with Gasteiger partial charge in [-0.3, -0.25) is 4.79 Å².